The Balaban J connectivity index is 1.23. The van der Waals surface area contributed by atoms with Gasteiger partial charge in [0.05, 0.1) is 0 Å². The van der Waals surface area contributed by atoms with Crippen LogP contribution in [0.1, 0.15) is 25.0 Å². The molecule has 0 radical (unpaired) electrons. The zero-order valence-electron chi connectivity index (χ0n) is 29.1. The predicted molar refractivity (Wildman–Crippen MR) is 226 cm³/mol. The van der Waals surface area contributed by atoms with Crippen molar-refractivity contribution in [3.05, 3.63) is 181 Å². The molecule has 0 unspecified atom stereocenters. The van der Waals surface area contributed by atoms with E-state index in [2.05, 4.69) is 184 Å². The molecular formula is C51H34S. The maximum atomic E-state index is 2.49. The van der Waals surface area contributed by atoms with Crippen molar-refractivity contribution >= 4 is 63.8 Å². The second kappa shape index (κ2) is 11.0. The molecule has 0 amide bonds. The molecule has 0 N–H and O–H groups in total. The fourth-order valence-electron chi connectivity index (χ4n) is 9.09. The van der Waals surface area contributed by atoms with Crippen molar-refractivity contribution in [2.75, 3.05) is 0 Å². The number of hydrogen-bond acceptors (Lipinski definition) is 1. The van der Waals surface area contributed by atoms with Gasteiger partial charge in [-0.05, 0) is 124 Å². The van der Waals surface area contributed by atoms with E-state index < -0.39 is 0 Å². The molecule has 244 valence electrons. The van der Waals surface area contributed by atoms with E-state index in [-0.39, 0.29) is 5.41 Å². The molecule has 0 atom stereocenters. The average Bonchev–Trinajstić information content (AvgIpc) is 3.67. The van der Waals surface area contributed by atoms with E-state index in [1.54, 1.807) is 0 Å². The molecule has 0 fully saturated rings. The Kier molecular flexibility index (Phi) is 6.27. The Bertz CT molecular complexity index is 3100. The van der Waals surface area contributed by atoms with Crippen LogP contribution >= 0.6 is 11.3 Å². The SMILES string of the molecule is CC1(C)c2ccccc2-c2ccc(-c3c4ccccc4c(-c4ccc5sc6ccccc6c5c4)c4ccc(-c5ccc6ccccc6c5)cc34)cc21. The molecule has 1 aliphatic rings. The first-order valence-corrected chi connectivity index (χ1v) is 19.0. The molecule has 0 spiro atoms. The van der Waals surface area contributed by atoms with E-state index in [1.807, 2.05) is 11.3 Å². The zero-order valence-corrected chi connectivity index (χ0v) is 29.9. The van der Waals surface area contributed by atoms with Gasteiger partial charge in [-0.3, -0.25) is 0 Å². The van der Waals surface area contributed by atoms with Crippen LogP contribution < -0.4 is 0 Å². The highest BCUT2D eigenvalue weighted by Crippen LogP contribution is 2.52. The number of rotatable bonds is 3. The molecule has 9 aromatic carbocycles. The minimum Gasteiger partial charge on any atom is -0.135 e. The van der Waals surface area contributed by atoms with Crippen LogP contribution in [0.15, 0.2) is 170 Å². The highest BCUT2D eigenvalue weighted by atomic mass is 32.1. The largest absolute Gasteiger partial charge is 0.135 e. The molecule has 52 heavy (non-hydrogen) atoms. The summed E-state index contributed by atoms with van der Waals surface area (Å²) in [5.74, 6) is 0. The van der Waals surface area contributed by atoms with E-state index in [9.17, 15) is 0 Å². The van der Waals surface area contributed by atoms with Crippen molar-refractivity contribution < 1.29 is 0 Å². The van der Waals surface area contributed by atoms with Crippen LogP contribution in [0.25, 0.3) is 97.0 Å². The minimum absolute atomic E-state index is 0.0809. The number of hydrogen-bond donors (Lipinski definition) is 0. The predicted octanol–water partition coefficient (Wildman–Crippen LogP) is 14.8. The van der Waals surface area contributed by atoms with Crippen molar-refractivity contribution in [1.29, 1.82) is 0 Å². The van der Waals surface area contributed by atoms with Crippen molar-refractivity contribution in [2.24, 2.45) is 0 Å². The normalized spacial score (nSPS) is 13.3. The lowest BCUT2D eigenvalue weighted by molar-refractivity contribution is 0.660. The summed E-state index contributed by atoms with van der Waals surface area (Å²) in [6, 6.07) is 63.8. The molecule has 0 saturated heterocycles. The Morgan fingerprint density at radius 1 is 0.346 bits per heavy atom. The van der Waals surface area contributed by atoms with Crippen LogP contribution in [0, 0.1) is 0 Å². The lowest BCUT2D eigenvalue weighted by Gasteiger charge is -2.23. The van der Waals surface area contributed by atoms with Gasteiger partial charge in [-0.1, -0.05) is 147 Å². The molecule has 0 saturated carbocycles. The quantitative estimate of drug-likeness (QED) is 0.163. The monoisotopic (exact) mass is 678 g/mol. The van der Waals surface area contributed by atoms with Gasteiger partial charge < -0.3 is 0 Å². The second-order valence-corrected chi connectivity index (χ2v) is 15.9. The van der Waals surface area contributed by atoms with E-state index in [0.29, 0.717) is 0 Å². The summed E-state index contributed by atoms with van der Waals surface area (Å²) in [7, 11) is 0. The van der Waals surface area contributed by atoms with Gasteiger partial charge in [0.2, 0.25) is 0 Å². The van der Waals surface area contributed by atoms with Crippen LogP contribution in [-0.4, -0.2) is 0 Å². The Morgan fingerprint density at radius 3 is 1.77 bits per heavy atom. The first kappa shape index (κ1) is 29.7. The molecule has 1 aliphatic carbocycles. The van der Waals surface area contributed by atoms with Gasteiger partial charge >= 0.3 is 0 Å². The molecule has 10 aromatic rings. The van der Waals surface area contributed by atoms with Gasteiger partial charge in [-0.15, -0.1) is 11.3 Å². The standard InChI is InChI=1S/C51H34S/c1-51(2)45-17-9-7-13-37(45)38-24-22-36(30-46(38)51)50-41-16-6-5-15-40(41)49(35-23-26-48-43(29-35)39-14-8-10-18-47(39)52-48)42-25-21-34(28-44(42)50)33-20-19-31-11-3-4-12-32(31)27-33/h3-30H,1-2H3. The molecule has 0 nitrogen and oxygen atoms in total. The second-order valence-electron chi connectivity index (χ2n) is 14.9. The van der Waals surface area contributed by atoms with Gasteiger partial charge in [-0.25, -0.2) is 0 Å². The summed E-state index contributed by atoms with van der Waals surface area (Å²) in [5.41, 5.74) is 13.0. The molecular weight excluding hydrogens is 645 g/mol. The van der Waals surface area contributed by atoms with Crippen molar-refractivity contribution in [3.8, 4) is 44.5 Å². The lowest BCUT2D eigenvalue weighted by Crippen LogP contribution is -2.14. The number of thiophene rings is 1. The average molecular weight is 679 g/mol. The Morgan fingerprint density at radius 2 is 0.904 bits per heavy atom. The summed E-state index contributed by atoms with van der Waals surface area (Å²) in [5, 5.41) is 10.3. The van der Waals surface area contributed by atoms with E-state index in [1.165, 1.54) is 108 Å². The fraction of sp³-hybridized carbons (Fsp3) is 0.0588. The maximum Gasteiger partial charge on any atom is 0.0355 e. The number of fused-ring (bicyclic) bond motifs is 9. The van der Waals surface area contributed by atoms with Crippen LogP contribution in [0.5, 0.6) is 0 Å². The maximum absolute atomic E-state index is 2.49. The third-order valence-corrected chi connectivity index (χ3v) is 12.8. The highest BCUT2D eigenvalue weighted by molar-refractivity contribution is 7.25. The summed E-state index contributed by atoms with van der Waals surface area (Å²) in [4.78, 5) is 0. The first-order chi connectivity index (χ1) is 25.5. The topological polar surface area (TPSA) is 0 Å². The van der Waals surface area contributed by atoms with Crippen molar-refractivity contribution in [1.82, 2.24) is 0 Å². The van der Waals surface area contributed by atoms with E-state index in [0.717, 1.165) is 0 Å². The van der Waals surface area contributed by atoms with Gasteiger partial charge in [0, 0.05) is 25.6 Å². The minimum atomic E-state index is -0.0809. The van der Waals surface area contributed by atoms with Crippen LogP contribution in [0.4, 0.5) is 0 Å². The van der Waals surface area contributed by atoms with Gasteiger partial charge in [-0.2, -0.15) is 0 Å². The summed E-state index contributed by atoms with van der Waals surface area (Å²) in [6.45, 7) is 4.76. The fourth-order valence-corrected chi connectivity index (χ4v) is 10.2. The van der Waals surface area contributed by atoms with E-state index in [4.69, 9.17) is 0 Å². The molecule has 1 aromatic heterocycles. The summed E-state index contributed by atoms with van der Waals surface area (Å²) in [6.07, 6.45) is 0. The molecule has 11 rings (SSSR count). The first-order valence-electron chi connectivity index (χ1n) is 18.2. The van der Waals surface area contributed by atoms with Crippen LogP contribution in [-0.2, 0) is 5.41 Å². The summed E-state index contributed by atoms with van der Waals surface area (Å²) < 4.78 is 2.66. The highest BCUT2D eigenvalue weighted by Gasteiger charge is 2.35. The Hall–Kier alpha value is -6.02. The third kappa shape index (κ3) is 4.27. The van der Waals surface area contributed by atoms with E-state index >= 15 is 0 Å². The smallest absolute Gasteiger partial charge is 0.0355 e. The van der Waals surface area contributed by atoms with Gasteiger partial charge in [0.1, 0.15) is 0 Å². The zero-order chi connectivity index (χ0) is 34.6. The molecule has 0 bridgehead atoms. The molecule has 1 heteroatoms. The molecule has 0 aliphatic heterocycles. The third-order valence-electron chi connectivity index (χ3n) is 11.6. The van der Waals surface area contributed by atoms with Gasteiger partial charge in [0.25, 0.3) is 0 Å². The van der Waals surface area contributed by atoms with Crippen molar-refractivity contribution in [3.63, 3.8) is 0 Å². The van der Waals surface area contributed by atoms with Crippen LogP contribution in [0.2, 0.25) is 0 Å². The molecule has 1 heterocycles. The Labute approximate surface area is 307 Å². The van der Waals surface area contributed by atoms with Gasteiger partial charge in [0.15, 0.2) is 0 Å². The van der Waals surface area contributed by atoms with Crippen LogP contribution in [0.3, 0.4) is 0 Å². The van der Waals surface area contributed by atoms with Crippen molar-refractivity contribution in [2.45, 2.75) is 19.3 Å². The lowest BCUT2D eigenvalue weighted by atomic mass is 9.80. The summed E-state index contributed by atoms with van der Waals surface area (Å²) >= 11 is 1.88. The number of benzene rings is 9.